The zero-order chi connectivity index (χ0) is 15.7. The number of hydrogen-bond acceptors (Lipinski definition) is 3. The number of para-hydroxylation sites is 1. The normalized spacial score (nSPS) is 24.0. The smallest absolute Gasteiger partial charge is 0.126 e. The maximum absolute atomic E-state index is 11.4. The minimum absolute atomic E-state index is 0.0643. The standard InChI is InChI=1S/C18H20ClNO2/c1-20(2)12-15-11-18(21,13-7-9-14(19)10-8-13)16-5-3-4-6-17(16)22-15/h3-10,15,21H,11-12H2,1-2H3. The molecule has 2 aromatic rings. The Kier molecular flexibility index (Phi) is 4.13. The number of nitrogens with zero attached hydrogens (tertiary/aromatic N) is 1. The van der Waals surface area contributed by atoms with Gasteiger partial charge in [0.25, 0.3) is 0 Å². The summed E-state index contributed by atoms with van der Waals surface area (Å²) in [5.41, 5.74) is 0.601. The van der Waals surface area contributed by atoms with E-state index in [0.717, 1.165) is 23.4 Å². The molecule has 0 saturated carbocycles. The number of aliphatic hydroxyl groups is 1. The molecule has 2 aromatic carbocycles. The Morgan fingerprint density at radius 1 is 1.18 bits per heavy atom. The van der Waals surface area contributed by atoms with E-state index in [9.17, 15) is 5.11 Å². The molecule has 0 aliphatic carbocycles. The van der Waals surface area contributed by atoms with Gasteiger partial charge in [0, 0.05) is 23.6 Å². The van der Waals surface area contributed by atoms with Crippen molar-refractivity contribution >= 4 is 11.6 Å². The van der Waals surface area contributed by atoms with Gasteiger partial charge in [-0.3, -0.25) is 0 Å². The number of rotatable bonds is 3. The van der Waals surface area contributed by atoms with Crippen LogP contribution in [0.2, 0.25) is 5.02 Å². The van der Waals surface area contributed by atoms with Crippen molar-refractivity contribution in [3.8, 4) is 5.75 Å². The minimum atomic E-state index is -1.06. The molecule has 2 atom stereocenters. The van der Waals surface area contributed by atoms with Gasteiger partial charge < -0.3 is 14.7 Å². The SMILES string of the molecule is CN(C)CC1CC(O)(c2ccc(Cl)cc2)c2ccccc2O1. The van der Waals surface area contributed by atoms with E-state index >= 15 is 0 Å². The molecule has 0 aromatic heterocycles. The summed E-state index contributed by atoms with van der Waals surface area (Å²) in [4.78, 5) is 2.07. The van der Waals surface area contributed by atoms with Gasteiger partial charge in [0.1, 0.15) is 17.5 Å². The van der Waals surface area contributed by atoms with Crippen LogP contribution in [0.5, 0.6) is 5.75 Å². The lowest BCUT2D eigenvalue weighted by Gasteiger charge is -2.40. The predicted molar refractivity (Wildman–Crippen MR) is 88.5 cm³/mol. The molecule has 1 heterocycles. The summed E-state index contributed by atoms with van der Waals surface area (Å²) in [6.45, 7) is 0.754. The first-order chi connectivity index (χ1) is 10.5. The molecule has 4 heteroatoms. The van der Waals surface area contributed by atoms with Crippen LogP contribution in [-0.2, 0) is 5.60 Å². The van der Waals surface area contributed by atoms with Crippen LogP contribution in [0.15, 0.2) is 48.5 Å². The average molecular weight is 318 g/mol. The van der Waals surface area contributed by atoms with Gasteiger partial charge in [0.05, 0.1) is 0 Å². The summed E-state index contributed by atoms with van der Waals surface area (Å²) in [6.07, 6.45) is 0.453. The second-order valence-electron chi connectivity index (χ2n) is 6.07. The third-order valence-corrected chi connectivity index (χ3v) is 4.29. The molecule has 116 valence electrons. The molecule has 0 bridgehead atoms. The largest absolute Gasteiger partial charge is 0.489 e. The highest BCUT2D eigenvalue weighted by Gasteiger charge is 2.41. The molecule has 1 aliphatic rings. The summed E-state index contributed by atoms with van der Waals surface area (Å²) in [6, 6.07) is 15.1. The lowest BCUT2D eigenvalue weighted by molar-refractivity contribution is -0.00559. The van der Waals surface area contributed by atoms with Gasteiger partial charge in [-0.1, -0.05) is 41.9 Å². The van der Waals surface area contributed by atoms with Crippen molar-refractivity contribution in [3.05, 3.63) is 64.7 Å². The summed E-state index contributed by atoms with van der Waals surface area (Å²) >= 11 is 5.98. The molecule has 0 radical (unpaired) electrons. The van der Waals surface area contributed by atoms with Crippen LogP contribution in [0.4, 0.5) is 0 Å². The van der Waals surface area contributed by atoms with Crippen LogP contribution < -0.4 is 4.74 Å². The Morgan fingerprint density at radius 3 is 2.55 bits per heavy atom. The van der Waals surface area contributed by atoms with Gasteiger partial charge in [-0.05, 0) is 37.9 Å². The van der Waals surface area contributed by atoms with Crippen molar-refractivity contribution < 1.29 is 9.84 Å². The molecule has 1 N–H and O–H groups in total. The van der Waals surface area contributed by atoms with E-state index in [1.165, 1.54) is 0 Å². The van der Waals surface area contributed by atoms with Crippen LogP contribution in [0.1, 0.15) is 17.5 Å². The number of ether oxygens (including phenoxy) is 1. The number of hydrogen-bond donors (Lipinski definition) is 1. The Hall–Kier alpha value is -1.55. The number of likely N-dealkylation sites (N-methyl/N-ethyl adjacent to an activating group) is 1. The molecule has 0 saturated heterocycles. The highest BCUT2D eigenvalue weighted by atomic mass is 35.5. The maximum atomic E-state index is 11.4. The second kappa shape index (κ2) is 5.92. The van der Waals surface area contributed by atoms with Crippen molar-refractivity contribution in [2.45, 2.75) is 18.1 Å². The fourth-order valence-electron chi connectivity index (χ4n) is 3.08. The third-order valence-electron chi connectivity index (χ3n) is 4.04. The Morgan fingerprint density at radius 2 is 1.86 bits per heavy atom. The Labute approximate surface area is 136 Å². The monoisotopic (exact) mass is 317 g/mol. The highest BCUT2D eigenvalue weighted by Crippen LogP contribution is 2.43. The zero-order valence-corrected chi connectivity index (χ0v) is 13.5. The lowest BCUT2D eigenvalue weighted by Crippen LogP contribution is -2.43. The van der Waals surface area contributed by atoms with Crippen molar-refractivity contribution in [3.63, 3.8) is 0 Å². The fraction of sp³-hybridized carbons (Fsp3) is 0.333. The first-order valence-electron chi connectivity index (χ1n) is 7.38. The first-order valence-corrected chi connectivity index (χ1v) is 7.76. The third kappa shape index (κ3) is 2.84. The van der Waals surface area contributed by atoms with Gasteiger partial charge in [0.2, 0.25) is 0 Å². The summed E-state index contributed by atoms with van der Waals surface area (Å²) < 4.78 is 6.06. The van der Waals surface area contributed by atoms with Crippen LogP contribution in [0.25, 0.3) is 0 Å². The topological polar surface area (TPSA) is 32.7 Å². The van der Waals surface area contributed by atoms with E-state index in [2.05, 4.69) is 4.90 Å². The van der Waals surface area contributed by atoms with Crippen molar-refractivity contribution in [1.82, 2.24) is 4.90 Å². The van der Waals surface area contributed by atoms with Crippen molar-refractivity contribution in [2.75, 3.05) is 20.6 Å². The van der Waals surface area contributed by atoms with Gasteiger partial charge in [0.15, 0.2) is 0 Å². The number of halogens is 1. The lowest BCUT2D eigenvalue weighted by atomic mass is 9.79. The molecule has 22 heavy (non-hydrogen) atoms. The summed E-state index contributed by atoms with van der Waals surface area (Å²) in [5, 5.41) is 12.1. The molecular formula is C18H20ClNO2. The van der Waals surface area contributed by atoms with E-state index < -0.39 is 5.60 Å². The fourth-order valence-corrected chi connectivity index (χ4v) is 3.21. The van der Waals surface area contributed by atoms with Crippen molar-refractivity contribution in [1.29, 1.82) is 0 Å². The van der Waals surface area contributed by atoms with Gasteiger partial charge in [-0.15, -0.1) is 0 Å². The zero-order valence-electron chi connectivity index (χ0n) is 12.8. The van der Waals surface area contributed by atoms with Gasteiger partial charge in [-0.25, -0.2) is 0 Å². The van der Waals surface area contributed by atoms with E-state index in [4.69, 9.17) is 16.3 Å². The van der Waals surface area contributed by atoms with Crippen LogP contribution in [-0.4, -0.2) is 36.8 Å². The molecule has 1 aliphatic heterocycles. The van der Waals surface area contributed by atoms with E-state index in [0.29, 0.717) is 11.4 Å². The van der Waals surface area contributed by atoms with E-state index in [1.54, 1.807) is 0 Å². The Bertz CT molecular complexity index is 656. The molecule has 0 amide bonds. The van der Waals surface area contributed by atoms with Gasteiger partial charge >= 0.3 is 0 Å². The number of fused-ring (bicyclic) bond motifs is 1. The van der Waals surface area contributed by atoms with Crippen LogP contribution in [0, 0.1) is 0 Å². The molecule has 0 fully saturated rings. The quantitative estimate of drug-likeness (QED) is 0.943. The molecule has 2 unspecified atom stereocenters. The predicted octanol–water partition coefficient (Wildman–Crippen LogP) is 3.29. The summed E-state index contributed by atoms with van der Waals surface area (Å²) in [7, 11) is 4.01. The molecule has 3 nitrogen and oxygen atoms in total. The average Bonchev–Trinajstić information content (AvgIpc) is 2.47. The van der Waals surface area contributed by atoms with Crippen molar-refractivity contribution in [2.24, 2.45) is 0 Å². The molecular weight excluding hydrogens is 298 g/mol. The van der Waals surface area contributed by atoms with E-state index in [-0.39, 0.29) is 6.10 Å². The molecule has 0 spiro atoms. The van der Waals surface area contributed by atoms with Gasteiger partial charge in [-0.2, -0.15) is 0 Å². The Balaban J connectivity index is 2.05. The van der Waals surface area contributed by atoms with Crippen LogP contribution >= 0.6 is 11.6 Å². The van der Waals surface area contributed by atoms with Crippen LogP contribution in [0.3, 0.4) is 0 Å². The molecule has 3 rings (SSSR count). The minimum Gasteiger partial charge on any atom is -0.489 e. The highest BCUT2D eigenvalue weighted by molar-refractivity contribution is 6.30. The number of benzene rings is 2. The maximum Gasteiger partial charge on any atom is 0.126 e. The first kappa shape index (κ1) is 15.3. The van der Waals surface area contributed by atoms with E-state index in [1.807, 2.05) is 62.6 Å². The summed E-state index contributed by atoms with van der Waals surface area (Å²) in [5.74, 6) is 0.748. The second-order valence-corrected chi connectivity index (χ2v) is 6.51.